The van der Waals surface area contributed by atoms with Gasteiger partial charge in [-0.15, -0.1) is 0 Å². The molecule has 0 radical (unpaired) electrons. The third-order valence-corrected chi connectivity index (χ3v) is 2.84. The molecule has 0 fully saturated rings. The Kier molecular flexibility index (Phi) is 5.59. The Hall–Kier alpha value is -1.10. The van der Waals surface area contributed by atoms with Crippen LogP contribution in [-0.4, -0.2) is 23.2 Å². The maximum Gasteiger partial charge on any atom is 0.340 e. The summed E-state index contributed by atoms with van der Waals surface area (Å²) in [6.07, 6.45) is 2.19. The minimum Gasteiger partial charge on any atom is -0.474 e. The van der Waals surface area contributed by atoms with Crippen molar-refractivity contribution in [1.29, 1.82) is 0 Å². The maximum atomic E-state index is 11.8. The van der Waals surface area contributed by atoms with Gasteiger partial charge in [-0.3, -0.25) is 0 Å². The highest BCUT2D eigenvalue weighted by molar-refractivity contribution is 9.10. The molecule has 5 heteroatoms. The van der Waals surface area contributed by atoms with Crippen LogP contribution >= 0.6 is 15.9 Å². The topological polar surface area (TPSA) is 48.4 Å². The number of hydrogen-bond acceptors (Lipinski definition) is 4. The van der Waals surface area contributed by atoms with E-state index in [1.165, 1.54) is 6.20 Å². The van der Waals surface area contributed by atoms with Crippen LogP contribution in [-0.2, 0) is 4.74 Å². The molecule has 0 aliphatic heterocycles. The van der Waals surface area contributed by atoms with Crippen LogP contribution in [0.25, 0.3) is 0 Å². The summed E-state index contributed by atoms with van der Waals surface area (Å²) in [5.74, 6) is 0.110. The van der Waals surface area contributed by atoms with Crippen LogP contribution in [0.5, 0.6) is 5.88 Å². The molecule has 0 amide bonds. The number of rotatable bonds is 5. The Bertz CT molecular complexity index is 421. The summed E-state index contributed by atoms with van der Waals surface area (Å²) >= 11 is 3.33. The molecule has 1 aromatic heterocycles. The van der Waals surface area contributed by atoms with Gasteiger partial charge in [0.2, 0.25) is 5.88 Å². The van der Waals surface area contributed by atoms with Crippen LogP contribution in [0.1, 0.15) is 44.5 Å². The van der Waals surface area contributed by atoms with Gasteiger partial charge in [0.25, 0.3) is 0 Å². The standard InChI is InChI=1S/C13H18BrNO3/c1-5-9(4)18-13(16)10-6-11(14)12(15-7-10)17-8(2)3/h6-9H,5H2,1-4H3. The fraction of sp³-hybridized carbons (Fsp3) is 0.538. The lowest BCUT2D eigenvalue weighted by molar-refractivity contribution is 0.0334. The Morgan fingerprint density at radius 3 is 2.61 bits per heavy atom. The number of esters is 1. The fourth-order valence-corrected chi connectivity index (χ4v) is 1.62. The zero-order valence-electron chi connectivity index (χ0n) is 11.1. The van der Waals surface area contributed by atoms with Crippen LogP contribution in [0.2, 0.25) is 0 Å². The summed E-state index contributed by atoms with van der Waals surface area (Å²) in [5.41, 5.74) is 0.415. The van der Waals surface area contributed by atoms with E-state index in [4.69, 9.17) is 9.47 Å². The van der Waals surface area contributed by atoms with E-state index in [0.717, 1.165) is 6.42 Å². The molecular weight excluding hydrogens is 298 g/mol. The molecular formula is C13H18BrNO3. The van der Waals surface area contributed by atoms with Crippen molar-refractivity contribution in [3.8, 4) is 5.88 Å². The summed E-state index contributed by atoms with van der Waals surface area (Å²) in [4.78, 5) is 15.9. The molecule has 1 aromatic rings. The molecule has 0 saturated heterocycles. The molecule has 1 unspecified atom stereocenters. The van der Waals surface area contributed by atoms with Crippen molar-refractivity contribution in [3.63, 3.8) is 0 Å². The van der Waals surface area contributed by atoms with E-state index in [1.54, 1.807) is 6.07 Å². The predicted molar refractivity (Wildman–Crippen MR) is 72.9 cm³/mol. The van der Waals surface area contributed by atoms with Gasteiger partial charge in [-0.1, -0.05) is 6.92 Å². The molecule has 0 spiro atoms. The van der Waals surface area contributed by atoms with Crippen molar-refractivity contribution in [1.82, 2.24) is 4.98 Å². The number of aromatic nitrogens is 1. The summed E-state index contributed by atoms with van der Waals surface area (Å²) in [6.45, 7) is 7.65. The van der Waals surface area contributed by atoms with Crippen LogP contribution in [0.4, 0.5) is 0 Å². The number of ether oxygens (including phenoxy) is 2. The lowest BCUT2D eigenvalue weighted by Gasteiger charge is -2.13. The number of carbonyl (C=O) groups excluding carboxylic acids is 1. The van der Waals surface area contributed by atoms with E-state index in [2.05, 4.69) is 20.9 Å². The van der Waals surface area contributed by atoms with Gasteiger partial charge in [0.15, 0.2) is 0 Å². The fourth-order valence-electron chi connectivity index (χ4n) is 1.18. The maximum absolute atomic E-state index is 11.8. The molecule has 0 bridgehead atoms. The van der Waals surface area contributed by atoms with E-state index in [1.807, 2.05) is 27.7 Å². The Morgan fingerprint density at radius 2 is 2.11 bits per heavy atom. The third-order valence-electron chi connectivity index (χ3n) is 2.27. The minimum atomic E-state index is -0.367. The Morgan fingerprint density at radius 1 is 1.44 bits per heavy atom. The van der Waals surface area contributed by atoms with Crippen molar-refractivity contribution in [2.24, 2.45) is 0 Å². The molecule has 0 aromatic carbocycles. The van der Waals surface area contributed by atoms with E-state index in [9.17, 15) is 4.79 Å². The van der Waals surface area contributed by atoms with Crippen molar-refractivity contribution in [2.45, 2.75) is 46.3 Å². The first-order valence-electron chi connectivity index (χ1n) is 5.97. The molecule has 100 valence electrons. The zero-order chi connectivity index (χ0) is 13.7. The van der Waals surface area contributed by atoms with E-state index < -0.39 is 0 Å². The smallest absolute Gasteiger partial charge is 0.340 e. The number of pyridine rings is 1. The molecule has 0 aliphatic carbocycles. The summed E-state index contributed by atoms with van der Waals surface area (Å²) in [7, 11) is 0. The lowest BCUT2D eigenvalue weighted by Crippen LogP contribution is -2.14. The van der Waals surface area contributed by atoms with Gasteiger partial charge >= 0.3 is 5.97 Å². The zero-order valence-corrected chi connectivity index (χ0v) is 12.7. The van der Waals surface area contributed by atoms with Gasteiger partial charge in [0, 0.05) is 6.20 Å². The number of halogens is 1. The first-order valence-corrected chi connectivity index (χ1v) is 6.76. The number of carbonyl (C=O) groups is 1. The molecule has 0 saturated carbocycles. The molecule has 1 heterocycles. The quantitative estimate of drug-likeness (QED) is 0.779. The highest BCUT2D eigenvalue weighted by Gasteiger charge is 2.14. The minimum absolute atomic E-state index is 0.0340. The predicted octanol–water partition coefficient (Wildman–Crippen LogP) is 3.59. The molecule has 1 atom stereocenters. The van der Waals surface area contributed by atoms with Gasteiger partial charge in [0.1, 0.15) is 0 Å². The van der Waals surface area contributed by atoms with Gasteiger partial charge in [-0.2, -0.15) is 0 Å². The molecule has 0 aliphatic rings. The molecule has 0 N–H and O–H groups in total. The van der Waals surface area contributed by atoms with Crippen molar-refractivity contribution in [3.05, 3.63) is 22.3 Å². The highest BCUT2D eigenvalue weighted by atomic mass is 79.9. The molecule has 4 nitrogen and oxygen atoms in total. The number of hydrogen-bond donors (Lipinski definition) is 0. The molecule has 18 heavy (non-hydrogen) atoms. The van der Waals surface area contributed by atoms with Crippen molar-refractivity contribution in [2.75, 3.05) is 0 Å². The van der Waals surface area contributed by atoms with E-state index in [0.29, 0.717) is 15.9 Å². The second-order valence-electron chi connectivity index (χ2n) is 4.30. The van der Waals surface area contributed by atoms with Crippen molar-refractivity contribution >= 4 is 21.9 Å². The van der Waals surface area contributed by atoms with Crippen LogP contribution in [0, 0.1) is 0 Å². The number of nitrogens with zero attached hydrogens (tertiary/aromatic N) is 1. The van der Waals surface area contributed by atoms with E-state index >= 15 is 0 Å². The first-order chi connectivity index (χ1) is 8.43. The van der Waals surface area contributed by atoms with Gasteiger partial charge in [-0.05, 0) is 49.2 Å². The summed E-state index contributed by atoms with van der Waals surface area (Å²) in [5, 5.41) is 0. The normalized spacial score (nSPS) is 12.3. The summed E-state index contributed by atoms with van der Waals surface area (Å²) < 4.78 is 11.3. The second-order valence-corrected chi connectivity index (χ2v) is 5.16. The Labute approximate surface area is 116 Å². The highest BCUT2D eigenvalue weighted by Crippen LogP contribution is 2.24. The van der Waals surface area contributed by atoms with Gasteiger partial charge < -0.3 is 9.47 Å². The monoisotopic (exact) mass is 315 g/mol. The SMILES string of the molecule is CCC(C)OC(=O)c1cnc(OC(C)C)c(Br)c1. The van der Waals surface area contributed by atoms with E-state index in [-0.39, 0.29) is 18.2 Å². The first kappa shape index (κ1) is 15.0. The van der Waals surface area contributed by atoms with Crippen molar-refractivity contribution < 1.29 is 14.3 Å². The molecule has 1 rings (SSSR count). The average Bonchev–Trinajstić information content (AvgIpc) is 2.30. The third kappa shape index (κ3) is 4.29. The van der Waals surface area contributed by atoms with Crippen LogP contribution in [0.15, 0.2) is 16.7 Å². The van der Waals surface area contributed by atoms with Gasteiger partial charge in [-0.25, -0.2) is 9.78 Å². The largest absolute Gasteiger partial charge is 0.474 e. The van der Waals surface area contributed by atoms with Gasteiger partial charge in [0.05, 0.1) is 22.2 Å². The van der Waals surface area contributed by atoms with Crippen LogP contribution < -0.4 is 4.74 Å². The average molecular weight is 316 g/mol. The second kappa shape index (κ2) is 6.73. The Balaban J connectivity index is 2.80. The lowest BCUT2D eigenvalue weighted by atomic mass is 10.2. The summed E-state index contributed by atoms with van der Waals surface area (Å²) in [6, 6.07) is 1.66. The van der Waals surface area contributed by atoms with Crippen LogP contribution in [0.3, 0.4) is 0 Å².